The van der Waals surface area contributed by atoms with Crippen LogP contribution in [0.5, 0.6) is 0 Å². The van der Waals surface area contributed by atoms with Gasteiger partial charge in [0.25, 0.3) is 0 Å². The predicted molar refractivity (Wildman–Crippen MR) is 110 cm³/mol. The van der Waals surface area contributed by atoms with Gasteiger partial charge in [0.2, 0.25) is 0 Å². The minimum absolute atomic E-state index is 0.148. The minimum atomic E-state index is 0.148. The summed E-state index contributed by atoms with van der Waals surface area (Å²) in [6, 6.07) is 0.166. The predicted octanol–water partition coefficient (Wildman–Crippen LogP) is 5.58. The van der Waals surface area contributed by atoms with Crippen molar-refractivity contribution in [3.8, 4) is 0 Å². The molecule has 3 heteroatoms. The van der Waals surface area contributed by atoms with E-state index >= 15 is 0 Å². The molecule has 0 aliphatic carbocycles. The molecule has 0 aromatic heterocycles. The number of aliphatic hydroxyl groups excluding tert-OH is 2. The highest BCUT2D eigenvalue weighted by Gasteiger charge is 2.05. The van der Waals surface area contributed by atoms with Crippen LogP contribution in [0.25, 0.3) is 0 Å². The third kappa shape index (κ3) is 20.0. The Hall–Kier alpha value is -0.120. The summed E-state index contributed by atoms with van der Waals surface area (Å²) in [6.45, 7) is 3.20. The molecule has 0 saturated carbocycles. The normalized spacial score (nSPS) is 12.6. The molecule has 0 bridgehead atoms. The fourth-order valence-corrected chi connectivity index (χ4v) is 3.47. The van der Waals surface area contributed by atoms with Crippen LogP contribution in [-0.2, 0) is 0 Å². The highest BCUT2D eigenvalue weighted by Crippen LogP contribution is 2.14. The average Bonchev–Trinajstić information content (AvgIpc) is 2.63. The summed E-state index contributed by atoms with van der Waals surface area (Å²) in [5.41, 5.74) is 0. The number of rotatable bonds is 21. The topological polar surface area (TPSA) is 52.5 Å². The van der Waals surface area contributed by atoms with E-state index in [9.17, 15) is 5.11 Å². The molecule has 0 saturated heterocycles. The molecular formula is C22H47NO2. The second-order valence-corrected chi connectivity index (χ2v) is 7.65. The lowest BCUT2D eigenvalue weighted by Gasteiger charge is -2.15. The number of aliphatic hydroxyl groups is 2. The lowest BCUT2D eigenvalue weighted by Crippen LogP contribution is -2.34. The van der Waals surface area contributed by atoms with Gasteiger partial charge in [-0.15, -0.1) is 0 Å². The van der Waals surface area contributed by atoms with Crippen LogP contribution in [0.2, 0.25) is 0 Å². The summed E-state index contributed by atoms with van der Waals surface area (Å²) in [4.78, 5) is 0. The maximum absolute atomic E-state index is 9.23. The number of nitrogens with one attached hydrogen (secondary N) is 1. The molecule has 3 N–H and O–H groups in total. The quantitative estimate of drug-likeness (QED) is 0.235. The van der Waals surface area contributed by atoms with Crippen LogP contribution in [0.4, 0.5) is 0 Å². The summed E-state index contributed by atoms with van der Waals surface area (Å²) in [6.07, 6.45) is 23.3. The van der Waals surface area contributed by atoms with Gasteiger partial charge in [0.05, 0.1) is 13.2 Å². The van der Waals surface area contributed by atoms with Crippen LogP contribution in [-0.4, -0.2) is 36.0 Å². The van der Waals surface area contributed by atoms with E-state index in [2.05, 4.69) is 12.2 Å². The molecule has 0 radical (unpaired) electrons. The third-order valence-corrected chi connectivity index (χ3v) is 5.17. The highest BCUT2D eigenvalue weighted by atomic mass is 16.3. The molecule has 3 nitrogen and oxygen atoms in total. The molecule has 0 fully saturated rings. The van der Waals surface area contributed by atoms with E-state index in [0.717, 1.165) is 6.42 Å². The first-order valence-corrected chi connectivity index (χ1v) is 11.3. The third-order valence-electron chi connectivity index (χ3n) is 5.17. The van der Waals surface area contributed by atoms with Gasteiger partial charge in [-0.05, 0) is 6.42 Å². The van der Waals surface area contributed by atoms with Crippen LogP contribution >= 0.6 is 0 Å². The molecule has 0 spiro atoms. The van der Waals surface area contributed by atoms with E-state index in [1.54, 1.807) is 0 Å². The highest BCUT2D eigenvalue weighted by molar-refractivity contribution is 4.65. The number of hydrogen-bond acceptors (Lipinski definition) is 3. The Morgan fingerprint density at radius 3 is 1.36 bits per heavy atom. The first-order chi connectivity index (χ1) is 12.3. The fourth-order valence-electron chi connectivity index (χ4n) is 3.47. The Balaban J connectivity index is 3.11. The van der Waals surface area contributed by atoms with Gasteiger partial charge in [0.15, 0.2) is 0 Å². The van der Waals surface area contributed by atoms with Gasteiger partial charge in [0.1, 0.15) is 0 Å². The SMILES string of the molecule is CCCCCCCCCCCCCCCCCCC(CO)NCCO. The maximum Gasteiger partial charge on any atom is 0.0584 e. The molecule has 0 heterocycles. The van der Waals surface area contributed by atoms with E-state index in [1.165, 1.54) is 103 Å². The lowest BCUT2D eigenvalue weighted by molar-refractivity contribution is 0.217. The van der Waals surface area contributed by atoms with Crippen molar-refractivity contribution in [2.75, 3.05) is 19.8 Å². The molecule has 1 atom stereocenters. The van der Waals surface area contributed by atoms with Crippen LogP contribution in [0.3, 0.4) is 0 Å². The number of hydrogen-bond donors (Lipinski definition) is 3. The van der Waals surface area contributed by atoms with E-state index < -0.39 is 0 Å². The summed E-state index contributed by atoms with van der Waals surface area (Å²) in [5.74, 6) is 0. The first kappa shape index (κ1) is 24.9. The summed E-state index contributed by atoms with van der Waals surface area (Å²) >= 11 is 0. The smallest absolute Gasteiger partial charge is 0.0584 e. The van der Waals surface area contributed by atoms with E-state index in [-0.39, 0.29) is 19.3 Å². The second kappa shape index (κ2) is 21.9. The zero-order chi connectivity index (χ0) is 18.4. The molecule has 0 amide bonds. The van der Waals surface area contributed by atoms with Crippen molar-refractivity contribution in [3.63, 3.8) is 0 Å². The number of unbranched alkanes of at least 4 members (excludes halogenated alkanes) is 15. The minimum Gasteiger partial charge on any atom is -0.395 e. The Kier molecular flexibility index (Phi) is 21.8. The summed E-state index contributed by atoms with van der Waals surface area (Å²) < 4.78 is 0. The van der Waals surface area contributed by atoms with Crippen LogP contribution < -0.4 is 5.32 Å². The molecule has 0 aromatic rings. The Bertz CT molecular complexity index is 236. The van der Waals surface area contributed by atoms with Gasteiger partial charge in [-0.3, -0.25) is 0 Å². The second-order valence-electron chi connectivity index (χ2n) is 7.65. The summed E-state index contributed by atoms with van der Waals surface area (Å²) in [7, 11) is 0. The molecule has 1 unspecified atom stereocenters. The standard InChI is InChI=1S/C22H47NO2/c1-2-3-4-5-6-7-8-9-10-11-12-13-14-15-16-17-18-22(21-25)23-19-20-24/h22-25H,2-21H2,1H3. The van der Waals surface area contributed by atoms with Crippen molar-refractivity contribution in [2.45, 2.75) is 122 Å². The van der Waals surface area contributed by atoms with Crippen molar-refractivity contribution in [2.24, 2.45) is 0 Å². The monoisotopic (exact) mass is 357 g/mol. The molecular weight excluding hydrogens is 310 g/mol. The molecule has 0 aliphatic rings. The zero-order valence-corrected chi connectivity index (χ0v) is 17.1. The van der Waals surface area contributed by atoms with Crippen LogP contribution in [0.1, 0.15) is 116 Å². The van der Waals surface area contributed by atoms with E-state index in [0.29, 0.717) is 6.54 Å². The first-order valence-electron chi connectivity index (χ1n) is 11.3. The van der Waals surface area contributed by atoms with Crippen molar-refractivity contribution >= 4 is 0 Å². The van der Waals surface area contributed by atoms with E-state index in [4.69, 9.17) is 5.11 Å². The van der Waals surface area contributed by atoms with Crippen molar-refractivity contribution in [1.82, 2.24) is 5.32 Å². The van der Waals surface area contributed by atoms with Gasteiger partial charge in [-0.25, -0.2) is 0 Å². The van der Waals surface area contributed by atoms with E-state index in [1.807, 2.05) is 0 Å². The molecule has 25 heavy (non-hydrogen) atoms. The van der Waals surface area contributed by atoms with Crippen molar-refractivity contribution in [1.29, 1.82) is 0 Å². The van der Waals surface area contributed by atoms with Gasteiger partial charge < -0.3 is 15.5 Å². The summed E-state index contributed by atoms with van der Waals surface area (Å²) in [5, 5.41) is 21.2. The van der Waals surface area contributed by atoms with Crippen LogP contribution in [0.15, 0.2) is 0 Å². The Labute approximate surface area is 158 Å². The average molecular weight is 358 g/mol. The maximum atomic E-state index is 9.23. The lowest BCUT2D eigenvalue weighted by atomic mass is 10.0. The fraction of sp³-hybridized carbons (Fsp3) is 1.00. The molecule has 152 valence electrons. The zero-order valence-electron chi connectivity index (χ0n) is 17.1. The van der Waals surface area contributed by atoms with Crippen molar-refractivity contribution in [3.05, 3.63) is 0 Å². The Morgan fingerprint density at radius 1 is 0.600 bits per heavy atom. The Morgan fingerprint density at radius 2 is 1.00 bits per heavy atom. The van der Waals surface area contributed by atoms with Gasteiger partial charge in [-0.2, -0.15) is 0 Å². The molecule has 0 aromatic carbocycles. The molecule has 0 rings (SSSR count). The van der Waals surface area contributed by atoms with Crippen LogP contribution in [0, 0.1) is 0 Å². The van der Waals surface area contributed by atoms with Gasteiger partial charge in [0, 0.05) is 12.6 Å². The van der Waals surface area contributed by atoms with Crippen molar-refractivity contribution < 1.29 is 10.2 Å². The largest absolute Gasteiger partial charge is 0.395 e. The van der Waals surface area contributed by atoms with Gasteiger partial charge >= 0.3 is 0 Å². The van der Waals surface area contributed by atoms with Gasteiger partial charge in [-0.1, -0.05) is 110 Å². The molecule has 0 aliphatic heterocycles.